The molecule has 0 bridgehead atoms. The van der Waals surface area contributed by atoms with Crippen molar-refractivity contribution in [2.75, 3.05) is 5.73 Å². The van der Waals surface area contributed by atoms with Crippen LogP contribution >= 0.6 is 0 Å². The van der Waals surface area contributed by atoms with Crippen LogP contribution in [0.15, 0.2) is 140 Å². The monoisotopic (exact) mass is 500 g/mol. The van der Waals surface area contributed by atoms with Crippen LogP contribution in [0.25, 0.3) is 54.8 Å². The predicted molar refractivity (Wildman–Crippen MR) is 168 cm³/mol. The minimum absolute atomic E-state index is 0.779. The summed E-state index contributed by atoms with van der Waals surface area (Å²) in [5, 5.41) is 4.92. The number of para-hydroxylation sites is 1. The summed E-state index contributed by atoms with van der Waals surface area (Å²) < 4.78 is 2.39. The first-order chi connectivity index (χ1) is 19.2. The van der Waals surface area contributed by atoms with Gasteiger partial charge in [-0.25, -0.2) is 0 Å². The molecule has 0 fully saturated rings. The molecule has 0 spiro atoms. The van der Waals surface area contributed by atoms with Crippen LogP contribution in [0.4, 0.5) is 5.69 Å². The van der Waals surface area contributed by atoms with Crippen LogP contribution in [-0.4, -0.2) is 4.40 Å². The van der Waals surface area contributed by atoms with Crippen molar-refractivity contribution in [3.05, 3.63) is 151 Å². The van der Waals surface area contributed by atoms with Gasteiger partial charge in [-0.3, -0.25) is 0 Å². The van der Waals surface area contributed by atoms with Crippen molar-refractivity contribution in [3.63, 3.8) is 0 Å². The molecule has 5 aromatic carbocycles. The minimum atomic E-state index is 0.779. The minimum Gasteiger partial charge on any atom is -0.398 e. The first kappa shape index (κ1) is 23.1. The maximum absolute atomic E-state index is 6.77. The number of hydrogen-bond donors (Lipinski definition) is 1. The largest absolute Gasteiger partial charge is 0.398 e. The van der Waals surface area contributed by atoms with Crippen LogP contribution in [0.1, 0.15) is 11.1 Å². The van der Waals surface area contributed by atoms with E-state index in [9.17, 15) is 0 Å². The third kappa shape index (κ3) is 3.72. The number of hydrogen-bond acceptors (Lipinski definition) is 1. The lowest BCUT2D eigenvalue weighted by Crippen LogP contribution is -1.96. The Labute approximate surface area is 227 Å². The van der Waals surface area contributed by atoms with Crippen molar-refractivity contribution in [1.29, 1.82) is 0 Å². The Hall–Kier alpha value is -5.08. The molecule has 7 rings (SSSR count). The summed E-state index contributed by atoms with van der Waals surface area (Å²) in [4.78, 5) is 0. The molecule has 39 heavy (non-hydrogen) atoms. The van der Waals surface area contributed by atoms with E-state index in [-0.39, 0.29) is 0 Å². The van der Waals surface area contributed by atoms with Crippen molar-refractivity contribution < 1.29 is 0 Å². The van der Waals surface area contributed by atoms with E-state index in [1.807, 2.05) is 12.1 Å². The number of nitrogens with two attached hydrogens (primary N) is 1. The zero-order chi connectivity index (χ0) is 26.3. The van der Waals surface area contributed by atoms with Crippen molar-refractivity contribution in [2.45, 2.75) is 6.42 Å². The van der Waals surface area contributed by atoms with Crippen LogP contribution in [0.3, 0.4) is 0 Å². The second-order valence-corrected chi connectivity index (χ2v) is 9.98. The molecule has 0 aliphatic heterocycles. The highest BCUT2D eigenvalue weighted by atomic mass is 14.9. The Morgan fingerprint density at radius 2 is 1.28 bits per heavy atom. The second-order valence-electron chi connectivity index (χ2n) is 9.98. The molecule has 7 aromatic rings. The number of allylic oxidation sites excluding steroid dienone is 3. The van der Waals surface area contributed by atoms with Gasteiger partial charge in [-0.15, -0.1) is 0 Å². The summed E-state index contributed by atoms with van der Waals surface area (Å²) >= 11 is 0. The van der Waals surface area contributed by atoms with Crippen molar-refractivity contribution in [2.24, 2.45) is 0 Å². The van der Waals surface area contributed by atoms with Crippen LogP contribution in [0, 0.1) is 0 Å². The molecular weight excluding hydrogens is 472 g/mol. The van der Waals surface area contributed by atoms with Gasteiger partial charge in [-0.05, 0) is 58.3 Å². The van der Waals surface area contributed by atoms with E-state index in [0.29, 0.717) is 0 Å². The Kier molecular flexibility index (Phi) is 5.53. The lowest BCUT2D eigenvalue weighted by Gasteiger charge is -2.14. The first-order valence-corrected chi connectivity index (χ1v) is 13.3. The van der Waals surface area contributed by atoms with Gasteiger partial charge < -0.3 is 10.1 Å². The summed E-state index contributed by atoms with van der Waals surface area (Å²) in [6, 6.07) is 42.9. The van der Waals surface area contributed by atoms with E-state index >= 15 is 0 Å². The number of fused-ring (bicyclic) bond motifs is 8. The number of nitrogens with zero attached hydrogens (tertiary/aromatic N) is 1. The Bertz CT molecular complexity index is 2060. The van der Waals surface area contributed by atoms with Crippen LogP contribution in [0.2, 0.25) is 0 Å². The topological polar surface area (TPSA) is 30.4 Å². The smallest absolute Gasteiger partial charge is 0.0547 e. The average Bonchev–Trinajstić information content (AvgIpc) is 3.38. The van der Waals surface area contributed by atoms with E-state index in [1.54, 1.807) is 0 Å². The number of pyridine rings is 1. The fraction of sp³-hybridized carbons (Fsp3) is 0.0270. The van der Waals surface area contributed by atoms with Gasteiger partial charge in [-0.1, -0.05) is 116 Å². The Morgan fingerprint density at radius 3 is 2.08 bits per heavy atom. The molecule has 0 saturated heterocycles. The number of benzene rings is 5. The van der Waals surface area contributed by atoms with Crippen LogP contribution in [-0.2, 0) is 6.42 Å². The summed E-state index contributed by atoms with van der Waals surface area (Å²) in [7, 11) is 0. The van der Waals surface area contributed by atoms with Crippen LogP contribution in [0.5, 0.6) is 0 Å². The molecule has 2 heterocycles. The highest BCUT2D eigenvalue weighted by molar-refractivity contribution is 6.17. The number of anilines is 1. The fourth-order valence-corrected chi connectivity index (χ4v) is 6.01. The number of aromatic nitrogens is 1. The van der Waals surface area contributed by atoms with E-state index in [2.05, 4.69) is 132 Å². The van der Waals surface area contributed by atoms with Crippen LogP contribution < -0.4 is 5.73 Å². The normalized spacial score (nSPS) is 12.1. The molecule has 0 saturated carbocycles. The highest BCUT2D eigenvalue weighted by Crippen LogP contribution is 2.41. The lowest BCUT2D eigenvalue weighted by atomic mass is 9.93. The molecule has 2 nitrogen and oxygen atoms in total. The summed E-state index contributed by atoms with van der Waals surface area (Å²) in [6.45, 7) is 4.07. The molecule has 0 amide bonds. The average molecular weight is 501 g/mol. The summed E-state index contributed by atoms with van der Waals surface area (Å²) in [5.74, 6) is 0. The zero-order valence-electron chi connectivity index (χ0n) is 21.6. The SMILES string of the molecule is C=C/C(=C\Cc1ccccc1-c1c(N)ccc2c1cc1c3ccccc3c3ccccc3n21)c1ccccc1. The quantitative estimate of drug-likeness (QED) is 0.142. The molecule has 0 radical (unpaired) electrons. The third-order valence-electron chi connectivity index (χ3n) is 7.81. The Morgan fingerprint density at radius 1 is 0.641 bits per heavy atom. The molecule has 0 atom stereocenters. The summed E-state index contributed by atoms with van der Waals surface area (Å²) in [5.41, 5.74) is 16.9. The summed E-state index contributed by atoms with van der Waals surface area (Å²) in [6.07, 6.45) is 4.97. The fourth-order valence-electron chi connectivity index (χ4n) is 6.01. The standard InChI is InChI=1S/C37H28N2/c1-2-25(26-12-4-3-5-13-26)20-21-27-14-6-7-15-28(27)37-32-24-36-31-18-9-8-16-29(31)30-17-10-11-19-34(30)39(36)35(32)23-22-33(37)38/h2-20,22-24H,1,21,38H2/b25-20+. The van der Waals surface area contributed by atoms with Gasteiger partial charge in [0.2, 0.25) is 0 Å². The van der Waals surface area contributed by atoms with Gasteiger partial charge >= 0.3 is 0 Å². The van der Waals surface area contributed by atoms with Gasteiger partial charge in [0.25, 0.3) is 0 Å². The van der Waals surface area contributed by atoms with E-state index in [0.717, 1.165) is 34.3 Å². The number of nitrogen functional groups attached to an aromatic ring is 1. The maximum Gasteiger partial charge on any atom is 0.0547 e. The molecular formula is C37H28N2. The van der Waals surface area contributed by atoms with Gasteiger partial charge in [0.1, 0.15) is 0 Å². The molecule has 0 unspecified atom stereocenters. The van der Waals surface area contributed by atoms with E-state index in [1.165, 1.54) is 43.7 Å². The lowest BCUT2D eigenvalue weighted by molar-refractivity contribution is 1.27. The van der Waals surface area contributed by atoms with E-state index < -0.39 is 0 Å². The molecule has 0 aliphatic rings. The Balaban J connectivity index is 1.48. The predicted octanol–water partition coefficient (Wildman–Crippen LogP) is 9.46. The van der Waals surface area contributed by atoms with Gasteiger partial charge in [-0.2, -0.15) is 0 Å². The second kappa shape index (κ2) is 9.34. The van der Waals surface area contributed by atoms with Crippen molar-refractivity contribution >= 4 is 49.4 Å². The first-order valence-electron chi connectivity index (χ1n) is 13.3. The molecule has 2 heteroatoms. The van der Waals surface area contributed by atoms with Gasteiger partial charge in [0.05, 0.1) is 16.6 Å². The maximum atomic E-state index is 6.77. The van der Waals surface area contributed by atoms with E-state index in [4.69, 9.17) is 5.73 Å². The molecule has 0 aliphatic carbocycles. The third-order valence-corrected chi connectivity index (χ3v) is 7.81. The van der Waals surface area contributed by atoms with Gasteiger partial charge in [0.15, 0.2) is 0 Å². The number of rotatable bonds is 5. The zero-order valence-corrected chi connectivity index (χ0v) is 21.6. The van der Waals surface area contributed by atoms with Crippen molar-refractivity contribution in [3.8, 4) is 11.1 Å². The molecule has 186 valence electrons. The van der Waals surface area contributed by atoms with Crippen molar-refractivity contribution in [1.82, 2.24) is 4.40 Å². The molecule has 2 aromatic heterocycles. The highest BCUT2D eigenvalue weighted by Gasteiger charge is 2.17. The molecule has 2 N–H and O–H groups in total. The van der Waals surface area contributed by atoms with Gasteiger partial charge in [0, 0.05) is 27.4 Å².